The molecular formula is C15H21N3O3. The van der Waals surface area contributed by atoms with Crippen LogP contribution in [0.1, 0.15) is 30.5 Å². The van der Waals surface area contributed by atoms with Crippen LogP contribution in [0.3, 0.4) is 0 Å². The Morgan fingerprint density at radius 2 is 2.10 bits per heavy atom. The van der Waals surface area contributed by atoms with Gasteiger partial charge >= 0.3 is 6.03 Å². The molecule has 0 fully saturated rings. The molecule has 0 heterocycles. The van der Waals surface area contributed by atoms with E-state index in [1.54, 1.807) is 6.92 Å². The lowest BCUT2D eigenvalue weighted by Crippen LogP contribution is -2.44. The Hall–Kier alpha value is -2.08. The predicted octanol–water partition coefficient (Wildman–Crippen LogP) is 1.12. The van der Waals surface area contributed by atoms with Crippen molar-refractivity contribution in [3.05, 3.63) is 29.3 Å². The Balaban J connectivity index is 2.09. The summed E-state index contributed by atoms with van der Waals surface area (Å²) in [5.41, 5.74) is 2.35. The standard InChI is InChI=1S/C15H21N3O3/c1-9(14(19)18-15(20)17-3)21-13-6-4-5-10-11(13)7-8-12(10)16-2/h4-6,9,12,16H,7-8H2,1-3H3,(H2,17,18,19,20). The van der Waals surface area contributed by atoms with E-state index in [1.165, 1.54) is 12.6 Å². The minimum absolute atomic E-state index is 0.332. The number of amides is 3. The Bertz CT molecular complexity index is 545. The van der Waals surface area contributed by atoms with Gasteiger partial charge in [0.1, 0.15) is 5.75 Å². The third kappa shape index (κ3) is 3.33. The van der Waals surface area contributed by atoms with Crippen LogP contribution in [-0.4, -0.2) is 32.1 Å². The van der Waals surface area contributed by atoms with Gasteiger partial charge in [0.05, 0.1) is 0 Å². The SMILES string of the molecule is CNC(=O)NC(=O)C(C)Oc1cccc2c1CCC2NC. The Labute approximate surface area is 124 Å². The molecule has 2 rings (SSSR count). The molecule has 0 spiro atoms. The molecule has 2 atom stereocenters. The fraction of sp³-hybridized carbons (Fsp3) is 0.467. The van der Waals surface area contributed by atoms with E-state index in [2.05, 4.69) is 22.0 Å². The average molecular weight is 291 g/mol. The molecule has 0 aromatic heterocycles. The maximum Gasteiger partial charge on any atom is 0.321 e. The Morgan fingerprint density at radius 1 is 1.33 bits per heavy atom. The highest BCUT2D eigenvalue weighted by atomic mass is 16.5. The van der Waals surface area contributed by atoms with Crippen LogP contribution in [0, 0.1) is 0 Å². The minimum Gasteiger partial charge on any atom is -0.481 e. The molecule has 1 aromatic rings. The van der Waals surface area contributed by atoms with Gasteiger partial charge in [-0.3, -0.25) is 10.1 Å². The van der Waals surface area contributed by atoms with Crippen molar-refractivity contribution in [1.29, 1.82) is 0 Å². The molecule has 3 N–H and O–H groups in total. The quantitative estimate of drug-likeness (QED) is 0.776. The number of urea groups is 1. The van der Waals surface area contributed by atoms with Gasteiger partial charge in [0.25, 0.3) is 5.91 Å². The zero-order chi connectivity index (χ0) is 15.4. The summed E-state index contributed by atoms with van der Waals surface area (Å²) < 4.78 is 5.74. The van der Waals surface area contributed by atoms with Gasteiger partial charge in [0.15, 0.2) is 6.10 Å². The number of nitrogens with one attached hydrogen (secondary N) is 3. The zero-order valence-corrected chi connectivity index (χ0v) is 12.5. The Kier molecular flexibility index (Phi) is 4.80. The first-order chi connectivity index (χ1) is 10.1. The monoisotopic (exact) mass is 291 g/mol. The van der Waals surface area contributed by atoms with Gasteiger partial charge in [-0.1, -0.05) is 12.1 Å². The lowest BCUT2D eigenvalue weighted by molar-refractivity contribution is -0.126. The summed E-state index contributed by atoms with van der Waals surface area (Å²) in [4.78, 5) is 23.0. The van der Waals surface area contributed by atoms with E-state index in [1.807, 2.05) is 19.2 Å². The molecule has 1 aliphatic carbocycles. The number of imide groups is 1. The van der Waals surface area contributed by atoms with Crippen molar-refractivity contribution in [3.8, 4) is 5.75 Å². The normalized spacial score (nSPS) is 17.8. The number of carbonyl (C=O) groups excluding carboxylic acids is 2. The minimum atomic E-state index is -0.734. The molecule has 1 aliphatic rings. The van der Waals surface area contributed by atoms with Crippen molar-refractivity contribution < 1.29 is 14.3 Å². The van der Waals surface area contributed by atoms with Gasteiger partial charge in [-0.2, -0.15) is 0 Å². The maximum absolute atomic E-state index is 11.8. The summed E-state index contributed by atoms with van der Waals surface area (Å²) >= 11 is 0. The van der Waals surface area contributed by atoms with Crippen LogP contribution >= 0.6 is 0 Å². The fourth-order valence-corrected chi connectivity index (χ4v) is 2.55. The first kappa shape index (κ1) is 15.3. The van der Waals surface area contributed by atoms with Gasteiger partial charge in [-0.15, -0.1) is 0 Å². The molecule has 0 saturated heterocycles. The molecule has 0 radical (unpaired) electrons. The molecule has 2 unspecified atom stereocenters. The van der Waals surface area contributed by atoms with Gasteiger partial charge < -0.3 is 15.4 Å². The smallest absolute Gasteiger partial charge is 0.321 e. The molecule has 0 bridgehead atoms. The van der Waals surface area contributed by atoms with Crippen molar-refractivity contribution in [1.82, 2.24) is 16.0 Å². The van der Waals surface area contributed by atoms with Crippen LogP contribution in [-0.2, 0) is 11.2 Å². The third-order valence-electron chi connectivity index (χ3n) is 3.71. The highest BCUT2D eigenvalue weighted by molar-refractivity contribution is 5.96. The molecule has 0 aliphatic heterocycles. The summed E-state index contributed by atoms with van der Waals surface area (Å²) in [5.74, 6) is 0.250. The lowest BCUT2D eigenvalue weighted by Gasteiger charge is -2.17. The number of hydrogen-bond acceptors (Lipinski definition) is 4. The van der Waals surface area contributed by atoms with Crippen LogP contribution < -0.4 is 20.7 Å². The zero-order valence-electron chi connectivity index (χ0n) is 12.5. The molecular weight excluding hydrogens is 270 g/mol. The summed E-state index contributed by atoms with van der Waals surface area (Å²) in [7, 11) is 3.39. The number of hydrogen-bond donors (Lipinski definition) is 3. The fourth-order valence-electron chi connectivity index (χ4n) is 2.55. The van der Waals surface area contributed by atoms with Crippen LogP contribution in [0.5, 0.6) is 5.75 Å². The van der Waals surface area contributed by atoms with E-state index in [0.717, 1.165) is 18.4 Å². The number of ether oxygens (including phenoxy) is 1. The molecule has 3 amide bonds. The first-order valence-corrected chi connectivity index (χ1v) is 7.05. The highest BCUT2D eigenvalue weighted by Gasteiger charge is 2.25. The molecule has 21 heavy (non-hydrogen) atoms. The van der Waals surface area contributed by atoms with Gasteiger partial charge in [0.2, 0.25) is 0 Å². The number of rotatable bonds is 4. The largest absolute Gasteiger partial charge is 0.481 e. The van der Waals surface area contributed by atoms with Crippen molar-refractivity contribution in [3.63, 3.8) is 0 Å². The van der Waals surface area contributed by atoms with E-state index in [-0.39, 0.29) is 0 Å². The Morgan fingerprint density at radius 3 is 2.76 bits per heavy atom. The second-order valence-electron chi connectivity index (χ2n) is 5.03. The van der Waals surface area contributed by atoms with E-state index in [9.17, 15) is 9.59 Å². The van der Waals surface area contributed by atoms with Crippen LogP contribution in [0.25, 0.3) is 0 Å². The van der Waals surface area contributed by atoms with E-state index in [0.29, 0.717) is 11.8 Å². The lowest BCUT2D eigenvalue weighted by atomic mass is 10.1. The third-order valence-corrected chi connectivity index (χ3v) is 3.71. The van der Waals surface area contributed by atoms with E-state index < -0.39 is 18.0 Å². The number of benzene rings is 1. The van der Waals surface area contributed by atoms with Crippen molar-refractivity contribution in [2.75, 3.05) is 14.1 Å². The highest BCUT2D eigenvalue weighted by Crippen LogP contribution is 2.36. The maximum atomic E-state index is 11.8. The molecule has 0 saturated carbocycles. The second-order valence-corrected chi connectivity index (χ2v) is 5.03. The molecule has 6 heteroatoms. The van der Waals surface area contributed by atoms with Gasteiger partial charge in [-0.25, -0.2) is 4.79 Å². The van der Waals surface area contributed by atoms with Gasteiger partial charge in [-0.05, 0) is 44.0 Å². The first-order valence-electron chi connectivity index (χ1n) is 7.05. The van der Waals surface area contributed by atoms with Crippen molar-refractivity contribution >= 4 is 11.9 Å². The summed E-state index contributed by atoms with van der Waals surface area (Å²) in [5, 5.41) is 7.82. The van der Waals surface area contributed by atoms with Crippen LogP contribution in [0.2, 0.25) is 0 Å². The predicted molar refractivity (Wildman–Crippen MR) is 79.3 cm³/mol. The molecule has 6 nitrogen and oxygen atoms in total. The van der Waals surface area contributed by atoms with E-state index in [4.69, 9.17) is 4.74 Å². The van der Waals surface area contributed by atoms with Crippen LogP contribution in [0.4, 0.5) is 4.79 Å². The number of carbonyl (C=O) groups is 2. The average Bonchev–Trinajstić information content (AvgIpc) is 2.91. The summed E-state index contributed by atoms with van der Waals surface area (Å²) in [6, 6.07) is 5.65. The van der Waals surface area contributed by atoms with Crippen LogP contribution in [0.15, 0.2) is 18.2 Å². The second kappa shape index (κ2) is 6.58. The summed E-state index contributed by atoms with van der Waals surface area (Å²) in [6.07, 6.45) is 1.20. The van der Waals surface area contributed by atoms with Crippen molar-refractivity contribution in [2.24, 2.45) is 0 Å². The molecule has 114 valence electrons. The summed E-state index contributed by atoms with van der Waals surface area (Å²) in [6.45, 7) is 1.63. The van der Waals surface area contributed by atoms with Gasteiger partial charge in [0, 0.05) is 13.1 Å². The van der Waals surface area contributed by atoms with Crippen molar-refractivity contribution in [2.45, 2.75) is 31.9 Å². The molecule has 1 aromatic carbocycles. The number of fused-ring (bicyclic) bond motifs is 1. The van der Waals surface area contributed by atoms with E-state index >= 15 is 0 Å². The topological polar surface area (TPSA) is 79.5 Å².